The molecule has 0 amide bonds. The van der Waals surface area contributed by atoms with Gasteiger partial charge in [-0.3, -0.25) is 0 Å². The van der Waals surface area contributed by atoms with Crippen LogP contribution in [0, 0.1) is 5.92 Å². The van der Waals surface area contributed by atoms with Crippen LogP contribution in [-0.2, 0) is 9.47 Å². The van der Waals surface area contributed by atoms with Crippen molar-refractivity contribution in [2.24, 2.45) is 5.92 Å². The predicted molar refractivity (Wildman–Crippen MR) is 71.6 cm³/mol. The standard InChI is InChI=1S/C15H28O3/c1-12(2)9-11(14(5,6)18-12)15(16)7-8-17-13(3,4)10-15/h11,16H,7-10H2,1-6H3. The van der Waals surface area contributed by atoms with Crippen molar-refractivity contribution in [2.75, 3.05) is 6.61 Å². The van der Waals surface area contributed by atoms with E-state index in [0.717, 1.165) is 6.42 Å². The van der Waals surface area contributed by atoms with Crippen molar-refractivity contribution in [1.29, 1.82) is 0 Å². The van der Waals surface area contributed by atoms with Crippen LogP contribution in [0.2, 0.25) is 0 Å². The minimum Gasteiger partial charge on any atom is -0.389 e. The molecule has 0 saturated carbocycles. The van der Waals surface area contributed by atoms with Gasteiger partial charge in [0.1, 0.15) is 0 Å². The first-order chi connectivity index (χ1) is 7.96. The summed E-state index contributed by atoms with van der Waals surface area (Å²) in [5.74, 6) is 0.170. The van der Waals surface area contributed by atoms with Crippen molar-refractivity contribution in [1.82, 2.24) is 0 Å². The van der Waals surface area contributed by atoms with E-state index in [0.29, 0.717) is 19.4 Å². The Kier molecular flexibility index (Phi) is 3.13. The van der Waals surface area contributed by atoms with Crippen LogP contribution in [0.5, 0.6) is 0 Å². The lowest BCUT2D eigenvalue weighted by Gasteiger charge is -2.47. The average Bonchev–Trinajstić information content (AvgIpc) is 2.32. The normalized spacial score (nSPS) is 41.8. The molecule has 0 aliphatic carbocycles. The van der Waals surface area contributed by atoms with Gasteiger partial charge in [-0.15, -0.1) is 0 Å². The highest BCUT2D eigenvalue weighted by atomic mass is 16.5. The van der Waals surface area contributed by atoms with Gasteiger partial charge in [0.2, 0.25) is 0 Å². The topological polar surface area (TPSA) is 38.7 Å². The van der Waals surface area contributed by atoms with E-state index in [-0.39, 0.29) is 22.7 Å². The van der Waals surface area contributed by atoms with Crippen molar-refractivity contribution in [3.63, 3.8) is 0 Å². The minimum absolute atomic E-state index is 0.146. The Morgan fingerprint density at radius 3 is 2.06 bits per heavy atom. The van der Waals surface area contributed by atoms with Crippen LogP contribution < -0.4 is 0 Å². The van der Waals surface area contributed by atoms with Crippen molar-refractivity contribution in [3.05, 3.63) is 0 Å². The van der Waals surface area contributed by atoms with E-state index >= 15 is 0 Å². The van der Waals surface area contributed by atoms with Gasteiger partial charge in [0.25, 0.3) is 0 Å². The van der Waals surface area contributed by atoms with Gasteiger partial charge in [0.05, 0.1) is 29.0 Å². The van der Waals surface area contributed by atoms with E-state index < -0.39 is 5.60 Å². The fourth-order valence-corrected chi connectivity index (χ4v) is 4.08. The van der Waals surface area contributed by atoms with Crippen LogP contribution in [0.3, 0.4) is 0 Å². The Morgan fingerprint density at radius 1 is 1.00 bits per heavy atom. The summed E-state index contributed by atoms with van der Waals surface area (Å²) in [4.78, 5) is 0. The van der Waals surface area contributed by atoms with Crippen LogP contribution in [-0.4, -0.2) is 34.1 Å². The predicted octanol–water partition coefficient (Wildman–Crippen LogP) is 2.90. The first-order valence-corrected chi connectivity index (χ1v) is 7.02. The van der Waals surface area contributed by atoms with Gasteiger partial charge < -0.3 is 14.6 Å². The maximum Gasteiger partial charge on any atom is 0.0753 e. The Balaban J connectivity index is 2.25. The lowest BCUT2D eigenvalue weighted by molar-refractivity contribution is -0.186. The summed E-state index contributed by atoms with van der Waals surface area (Å²) >= 11 is 0. The van der Waals surface area contributed by atoms with Crippen molar-refractivity contribution >= 4 is 0 Å². The molecule has 2 saturated heterocycles. The lowest BCUT2D eigenvalue weighted by atomic mass is 9.68. The Labute approximate surface area is 111 Å². The molecule has 0 radical (unpaired) electrons. The molecule has 0 aromatic rings. The van der Waals surface area contributed by atoms with Gasteiger partial charge in [-0.05, 0) is 54.4 Å². The van der Waals surface area contributed by atoms with Gasteiger partial charge >= 0.3 is 0 Å². The molecular formula is C15H28O3. The van der Waals surface area contributed by atoms with Crippen LogP contribution in [0.1, 0.15) is 60.8 Å². The second-order valence-corrected chi connectivity index (χ2v) is 7.86. The van der Waals surface area contributed by atoms with Gasteiger partial charge in [0.15, 0.2) is 0 Å². The van der Waals surface area contributed by atoms with E-state index in [1.165, 1.54) is 0 Å². The maximum atomic E-state index is 11.1. The quantitative estimate of drug-likeness (QED) is 0.784. The number of rotatable bonds is 1. The zero-order chi connectivity index (χ0) is 13.8. The third-order valence-corrected chi connectivity index (χ3v) is 4.48. The highest BCUT2D eigenvalue weighted by molar-refractivity contribution is 5.06. The van der Waals surface area contributed by atoms with Gasteiger partial charge in [-0.1, -0.05) is 0 Å². The summed E-state index contributed by atoms with van der Waals surface area (Å²) in [6.07, 6.45) is 2.31. The van der Waals surface area contributed by atoms with E-state index in [9.17, 15) is 5.11 Å². The molecule has 0 bridgehead atoms. The van der Waals surface area contributed by atoms with Gasteiger partial charge in [-0.2, -0.15) is 0 Å². The molecule has 2 aliphatic rings. The zero-order valence-electron chi connectivity index (χ0n) is 12.7. The molecule has 0 aromatic heterocycles. The third kappa shape index (κ3) is 2.59. The van der Waals surface area contributed by atoms with E-state index in [1.807, 2.05) is 0 Å². The van der Waals surface area contributed by atoms with Crippen LogP contribution >= 0.6 is 0 Å². The van der Waals surface area contributed by atoms with Crippen LogP contribution in [0.15, 0.2) is 0 Å². The fourth-order valence-electron chi connectivity index (χ4n) is 4.08. The molecule has 3 nitrogen and oxygen atoms in total. The molecule has 2 fully saturated rings. The summed E-state index contributed by atoms with van der Waals surface area (Å²) in [5.41, 5.74) is -1.33. The molecular weight excluding hydrogens is 228 g/mol. The van der Waals surface area contributed by atoms with E-state index in [2.05, 4.69) is 41.5 Å². The summed E-state index contributed by atoms with van der Waals surface area (Å²) in [6, 6.07) is 0. The van der Waals surface area contributed by atoms with Gasteiger partial charge in [0, 0.05) is 12.3 Å². The maximum absolute atomic E-state index is 11.1. The summed E-state index contributed by atoms with van der Waals surface area (Å²) in [7, 11) is 0. The first-order valence-electron chi connectivity index (χ1n) is 7.02. The molecule has 2 heterocycles. The Bertz CT molecular complexity index is 333. The zero-order valence-corrected chi connectivity index (χ0v) is 12.7. The van der Waals surface area contributed by atoms with Crippen molar-refractivity contribution < 1.29 is 14.6 Å². The van der Waals surface area contributed by atoms with Crippen molar-refractivity contribution in [2.45, 2.75) is 83.2 Å². The van der Waals surface area contributed by atoms with E-state index in [4.69, 9.17) is 9.47 Å². The number of hydrogen-bond acceptors (Lipinski definition) is 3. The fraction of sp³-hybridized carbons (Fsp3) is 1.00. The third-order valence-electron chi connectivity index (χ3n) is 4.48. The van der Waals surface area contributed by atoms with E-state index in [1.54, 1.807) is 0 Å². The Hall–Kier alpha value is -0.120. The largest absolute Gasteiger partial charge is 0.389 e. The molecule has 2 atom stereocenters. The average molecular weight is 256 g/mol. The monoisotopic (exact) mass is 256 g/mol. The molecule has 0 spiro atoms. The molecule has 1 N–H and O–H groups in total. The molecule has 2 rings (SSSR count). The summed E-state index contributed by atoms with van der Waals surface area (Å²) in [6.45, 7) is 13.2. The number of hydrogen-bond donors (Lipinski definition) is 1. The number of aliphatic hydroxyl groups is 1. The smallest absolute Gasteiger partial charge is 0.0753 e. The molecule has 2 unspecified atom stereocenters. The number of ether oxygens (including phenoxy) is 2. The molecule has 3 heteroatoms. The minimum atomic E-state index is -0.668. The van der Waals surface area contributed by atoms with Gasteiger partial charge in [-0.25, -0.2) is 0 Å². The molecule has 2 aliphatic heterocycles. The second kappa shape index (κ2) is 3.94. The van der Waals surface area contributed by atoms with Crippen LogP contribution in [0.4, 0.5) is 0 Å². The second-order valence-electron chi connectivity index (χ2n) is 7.86. The lowest BCUT2D eigenvalue weighted by Crippen LogP contribution is -2.54. The Morgan fingerprint density at radius 2 is 1.61 bits per heavy atom. The van der Waals surface area contributed by atoms with Crippen molar-refractivity contribution in [3.8, 4) is 0 Å². The summed E-state index contributed by atoms with van der Waals surface area (Å²) in [5, 5.41) is 11.1. The van der Waals surface area contributed by atoms with Crippen LogP contribution in [0.25, 0.3) is 0 Å². The highest BCUT2D eigenvalue weighted by Gasteiger charge is 2.57. The molecule has 18 heavy (non-hydrogen) atoms. The first kappa shape index (κ1) is 14.3. The highest BCUT2D eigenvalue weighted by Crippen LogP contribution is 2.51. The molecule has 0 aromatic carbocycles. The summed E-state index contributed by atoms with van der Waals surface area (Å²) < 4.78 is 11.9. The SMILES string of the molecule is CC1(C)CC(O)(C2CC(C)(C)OC2(C)C)CCO1. The molecule has 106 valence electrons.